The van der Waals surface area contributed by atoms with Crippen molar-refractivity contribution in [2.45, 2.75) is 0 Å². The SMILES string of the molecule is NC(N)=NOS(=O)(=O)CC(=O)c1cccc(-c2csc(NS(=O)O)c2)c1. The molecular formula is C13H14N4O6S3. The van der Waals surface area contributed by atoms with Crippen LogP contribution >= 0.6 is 11.3 Å². The Hall–Kier alpha value is -2.48. The Labute approximate surface area is 155 Å². The van der Waals surface area contributed by atoms with Crippen molar-refractivity contribution >= 4 is 49.5 Å². The van der Waals surface area contributed by atoms with Gasteiger partial charge in [0, 0.05) is 10.9 Å². The molecule has 0 spiro atoms. The molecule has 6 N–H and O–H groups in total. The maximum absolute atomic E-state index is 12.2. The Morgan fingerprint density at radius 2 is 2.04 bits per heavy atom. The fraction of sp³-hybridized carbons (Fsp3) is 0.0769. The van der Waals surface area contributed by atoms with Gasteiger partial charge >= 0.3 is 10.1 Å². The highest BCUT2D eigenvalue weighted by molar-refractivity contribution is 7.87. The first-order valence-corrected chi connectivity index (χ1v) is 10.3. The first-order valence-electron chi connectivity index (χ1n) is 6.76. The number of benzene rings is 1. The number of anilines is 1. The molecule has 26 heavy (non-hydrogen) atoms. The van der Waals surface area contributed by atoms with Crippen LogP contribution in [0.4, 0.5) is 5.00 Å². The summed E-state index contributed by atoms with van der Waals surface area (Å²) in [7, 11) is -4.28. The summed E-state index contributed by atoms with van der Waals surface area (Å²) in [4.78, 5) is 12.2. The van der Waals surface area contributed by atoms with Gasteiger partial charge in [-0.15, -0.1) is 11.3 Å². The van der Waals surface area contributed by atoms with Crippen molar-refractivity contribution in [3.63, 3.8) is 0 Å². The monoisotopic (exact) mass is 418 g/mol. The molecule has 0 saturated carbocycles. The minimum Gasteiger partial charge on any atom is -0.367 e. The van der Waals surface area contributed by atoms with E-state index in [1.807, 2.05) is 0 Å². The number of rotatable bonds is 8. The van der Waals surface area contributed by atoms with Crippen LogP contribution in [0.15, 0.2) is 40.9 Å². The maximum Gasteiger partial charge on any atom is 0.336 e. The quantitative estimate of drug-likeness (QED) is 0.159. The molecule has 0 amide bonds. The third kappa shape index (κ3) is 5.80. The van der Waals surface area contributed by atoms with E-state index >= 15 is 0 Å². The highest BCUT2D eigenvalue weighted by atomic mass is 32.2. The first kappa shape index (κ1) is 19.8. The number of ketones is 1. The lowest BCUT2D eigenvalue weighted by Crippen LogP contribution is -2.25. The molecule has 1 aromatic carbocycles. The zero-order valence-corrected chi connectivity index (χ0v) is 15.4. The van der Waals surface area contributed by atoms with Crippen LogP contribution in [0.5, 0.6) is 0 Å². The number of carbonyl (C=O) groups is 1. The topological polar surface area (TPSA) is 174 Å². The molecule has 0 bridgehead atoms. The number of oxime groups is 1. The van der Waals surface area contributed by atoms with E-state index in [0.29, 0.717) is 16.1 Å². The van der Waals surface area contributed by atoms with Crippen molar-refractivity contribution in [1.29, 1.82) is 0 Å². The summed E-state index contributed by atoms with van der Waals surface area (Å²) in [6.07, 6.45) is 0. The van der Waals surface area contributed by atoms with Gasteiger partial charge in [-0.25, -0.2) is 4.21 Å². The fourth-order valence-corrected chi connectivity index (χ4v) is 3.90. The molecule has 2 rings (SSSR count). The summed E-state index contributed by atoms with van der Waals surface area (Å²) in [6, 6.07) is 7.88. The van der Waals surface area contributed by atoms with Crippen molar-refractivity contribution in [3.05, 3.63) is 41.3 Å². The van der Waals surface area contributed by atoms with E-state index in [2.05, 4.69) is 14.2 Å². The zero-order valence-electron chi connectivity index (χ0n) is 13.0. The Bertz CT molecular complexity index is 966. The molecule has 10 nitrogen and oxygen atoms in total. The van der Waals surface area contributed by atoms with Crippen molar-refractivity contribution < 1.29 is 26.3 Å². The second-order valence-corrected chi connectivity index (χ2v) is 8.01. The molecule has 0 fully saturated rings. The molecule has 0 saturated heterocycles. The number of nitrogens with zero attached hydrogens (tertiary/aromatic N) is 1. The summed E-state index contributed by atoms with van der Waals surface area (Å²) >= 11 is -0.988. The summed E-state index contributed by atoms with van der Waals surface area (Å²) in [5, 5.41) is 5.10. The lowest BCUT2D eigenvalue weighted by molar-refractivity contribution is 0.101. The number of Topliss-reactive ketones (excluding diaryl/α,β-unsaturated/α-hetero) is 1. The molecular weight excluding hydrogens is 404 g/mol. The van der Waals surface area contributed by atoms with Gasteiger partial charge < -0.3 is 11.5 Å². The lowest BCUT2D eigenvalue weighted by Gasteiger charge is -2.04. The molecule has 13 heteroatoms. The number of hydrogen-bond donors (Lipinski definition) is 4. The minimum atomic E-state index is -4.28. The molecule has 2 aromatic rings. The molecule has 1 aromatic heterocycles. The standard InChI is InChI=1S/C13H14N4O6S3/c14-13(15)16-23-26(21,22)7-11(18)9-3-1-2-8(4-9)10-5-12(24-6-10)17-25(19)20/h1-6,17H,7H2,(H,19,20)(H4,14,15,16). The summed E-state index contributed by atoms with van der Waals surface area (Å²) in [6.45, 7) is 0. The van der Waals surface area contributed by atoms with Gasteiger partial charge in [-0.3, -0.25) is 18.4 Å². The first-order chi connectivity index (χ1) is 12.2. The average Bonchev–Trinajstić information content (AvgIpc) is 3.00. The molecule has 140 valence electrons. The Balaban J connectivity index is 2.18. The van der Waals surface area contributed by atoms with Gasteiger partial charge in [-0.2, -0.15) is 8.42 Å². The minimum absolute atomic E-state index is 0.144. The van der Waals surface area contributed by atoms with Crippen molar-refractivity contribution in [1.82, 2.24) is 0 Å². The van der Waals surface area contributed by atoms with Gasteiger partial charge in [0.25, 0.3) is 11.3 Å². The van der Waals surface area contributed by atoms with Gasteiger partial charge in [0.05, 0.1) is 0 Å². The molecule has 1 heterocycles. The van der Waals surface area contributed by atoms with Gasteiger partial charge in [0.1, 0.15) is 5.00 Å². The van der Waals surface area contributed by atoms with Gasteiger partial charge in [0.2, 0.25) is 5.96 Å². The maximum atomic E-state index is 12.2. The van der Waals surface area contributed by atoms with E-state index in [9.17, 15) is 17.4 Å². The van der Waals surface area contributed by atoms with Crippen LogP contribution in [0.2, 0.25) is 0 Å². The number of nitrogens with one attached hydrogen (secondary N) is 1. The van der Waals surface area contributed by atoms with Crippen molar-refractivity contribution in [3.8, 4) is 11.1 Å². The third-order valence-electron chi connectivity index (χ3n) is 2.87. The molecule has 0 aliphatic rings. The van der Waals surface area contributed by atoms with Crippen LogP contribution in [0, 0.1) is 0 Å². The highest BCUT2D eigenvalue weighted by Crippen LogP contribution is 2.29. The molecule has 0 radical (unpaired) electrons. The Kier molecular flexibility index (Phi) is 6.31. The van der Waals surface area contributed by atoms with Crippen molar-refractivity contribution in [2.24, 2.45) is 16.6 Å². The number of nitrogens with two attached hydrogens (primary N) is 2. The van der Waals surface area contributed by atoms with E-state index in [1.54, 1.807) is 23.6 Å². The Morgan fingerprint density at radius 1 is 1.31 bits per heavy atom. The smallest absolute Gasteiger partial charge is 0.336 e. The fourth-order valence-electron chi connectivity index (χ4n) is 1.87. The van der Waals surface area contributed by atoms with E-state index in [0.717, 1.165) is 0 Å². The van der Waals surface area contributed by atoms with Crippen molar-refractivity contribution in [2.75, 3.05) is 10.5 Å². The normalized spacial score (nSPS) is 12.2. The van der Waals surface area contributed by atoms with E-state index in [4.69, 9.17) is 16.0 Å². The molecule has 0 aliphatic carbocycles. The molecule has 1 atom stereocenters. The number of guanidine groups is 1. The van der Waals surface area contributed by atoms with Crippen LogP contribution in [-0.2, 0) is 25.7 Å². The van der Waals surface area contributed by atoms with E-state index in [1.165, 1.54) is 23.5 Å². The van der Waals surface area contributed by atoms with E-state index in [-0.39, 0.29) is 5.56 Å². The second kappa shape index (κ2) is 8.27. The number of hydrogen-bond acceptors (Lipinski definition) is 7. The van der Waals surface area contributed by atoms with Gasteiger partial charge in [-0.05, 0) is 28.4 Å². The Morgan fingerprint density at radius 3 is 2.69 bits per heavy atom. The average molecular weight is 418 g/mol. The van der Waals surface area contributed by atoms with Crippen LogP contribution in [-0.4, -0.2) is 34.7 Å². The number of thiophene rings is 1. The van der Waals surface area contributed by atoms with Crippen LogP contribution in [0.1, 0.15) is 10.4 Å². The molecule has 0 aliphatic heterocycles. The second-order valence-electron chi connectivity index (χ2n) is 4.85. The highest BCUT2D eigenvalue weighted by Gasteiger charge is 2.20. The largest absolute Gasteiger partial charge is 0.367 e. The van der Waals surface area contributed by atoms with Gasteiger partial charge in [0.15, 0.2) is 11.5 Å². The number of carbonyl (C=O) groups excluding carboxylic acids is 1. The predicted molar refractivity (Wildman–Crippen MR) is 99.2 cm³/mol. The third-order valence-corrected chi connectivity index (χ3v) is 5.16. The van der Waals surface area contributed by atoms with Crippen LogP contribution in [0.25, 0.3) is 11.1 Å². The van der Waals surface area contributed by atoms with Gasteiger partial charge in [-0.1, -0.05) is 18.2 Å². The summed E-state index contributed by atoms with van der Waals surface area (Å²) < 4.78 is 49.4. The van der Waals surface area contributed by atoms with Crippen LogP contribution in [0.3, 0.4) is 0 Å². The predicted octanol–water partition coefficient (Wildman–Crippen LogP) is 0.681. The molecule has 1 unspecified atom stereocenters. The summed E-state index contributed by atoms with van der Waals surface area (Å²) in [5.41, 5.74) is 11.4. The lowest BCUT2D eigenvalue weighted by atomic mass is 10.0. The van der Waals surface area contributed by atoms with E-state index < -0.39 is 38.9 Å². The van der Waals surface area contributed by atoms with Crippen LogP contribution < -0.4 is 16.2 Å². The summed E-state index contributed by atoms with van der Waals surface area (Å²) in [5.74, 6) is -2.23. The zero-order chi connectivity index (χ0) is 19.3.